The molecular formula is C36H53FN6O11S2. The zero-order valence-corrected chi connectivity index (χ0v) is 33.7. The molecule has 2 saturated carbocycles. The van der Waals surface area contributed by atoms with E-state index >= 15 is 0 Å². The first-order valence-electron chi connectivity index (χ1n) is 17.4. The van der Waals surface area contributed by atoms with Crippen molar-refractivity contribution in [2.45, 2.75) is 89.3 Å². The standard InChI is InChI=1S/C11H19N3O4S.C9H8FNO2.C9H13NO3S.C5H11NO2.C2H2/c1-3-19(17,18)13(2)8-6-10(15)14-7-4-5-9(14)11(12)16;10-8-3-1-2-6-4-11(9(12)13)5-7(6)8;1-2-6-5-8(6)9(11)10-14(12,13)7-3-4-7;1-5(2,3)8-4(6)7;1-2/h3,9H,1,4-8H2,2H3,(H2,12,16);1-3H,4-5H2,(H,12,13);2,6-8H,1,3-5H2,(H,10,11);1-3H3,(H2,6,7);1-2H/t9-;;6?,8-;;/m0.0../s1. The Bertz CT molecular complexity index is 1840. The van der Waals surface area contributed by atoms with Crippen LogP contribution in [0.1, 0.15) is 70.4 Å². The van der Waals surface area contributed by atoms with Crippen LogP contribution in [0.25, 0.3) is 0 Å². The van der Waals surface area contributed by atoms with E-state index in [0.717, 1.165) is 28.1 Å². The first-order valence-corrected chi connectivity index (χ1v) is 20.4. The van der Waals surface area contributed by atoms with Gasteiger partial charge in [-0.1, -0.05) is 24.8 Å². The summed E-state index contributed by atoms with van der Waals surface area (Å²) in [6.45, 7) is 13.1. The summed E-state index contributed by atoms with van der Waals surface area (Å²) < 4.78 is 66.4. The number of primary amides is 2. The van der Waals surface area contributed by atoms with Crippen LogP contribution in [0, 0.1) is 30.5 Å². The molecule has 20 heteroatoms. The van der Waals surface area contributed by atoms with Gasteiger partial charge in [0.15, 0.2) is 0 Å². The SMILES string of the molecule is C#C.C=CC1C[C@@H]1C(=O)NS(=O)(=O)C1CC1.C=CS(=O)(=O)N(C)CCC(=O)N1CCC[C@H]1C(N)=O.CC(C)(C)OC(N)=O.O=C(O)N1Cc2cccc(F)c2C1. The number of benzene rings is 1. The molecule has 1 unspecified atom stereocenters. The van der Waals surface area contributed by atoms with E-state index < -0.39 is 49.8 Å². The lowest BCUT2D eigenvalue weighted by molar-refractivity contribution is -0.137. The lowest BCUT2D eigenvalue weighted by Gasteiger charge is -2.23. The summed E-state index contributed by atoms with van der Waals surface area (Å²) in [7, 11) is -5.49. The van der Waals surface area contributed by atoms with Crippen LogP contribution >= 0.6 is 0 Å². The number of carboxylic acid groups (broad SMARTS) is 1. The van der Waals surface area contributed by atoms with Crippen molar-refractivity contribution in [3.05, 3.63) is 59.8 Å². The zero-order chi connectivity index (χ0) is 43.2. The van der Waals surface area contributed by atoms with E-state index in [1.54, 1.807) is 39.0 Å². The summed E-state index contributed by atoms with van der Waals surface area (Å²) in [5.74, 6) is -1.45. The molecule has 0 radical (unpaired) electrons. The van der Waals surface area contributed by atoms with Gasteiger partial charge >= 0.3 is 12.2 Å². The number of amides is 5. The second-order valence-corrected chi connectivity index (χ2v) is 17.9. The molecule has 0 bridgehead atoms. The van der Waals surface area contributed by atoms with Crippen molar-refractivity contribution in [2.24, 2.45) is 23.3 Å². The van der Waals surface area contributed by atoms with Crippen molar-refractivity contribution >= 4 is 50.0 Å². The number of carbonyl (C=O) groups excluding carboxylic acids is 4. The molecule has 6 N–H and O–H groups in total. The molecule has 0 aromatic heterocycles. The van der Waals surface area contributed by atoms with Gasteiger partial charge in [-0.25, -0.2) is 35.1 Å². The number of terminal acetylenes is 1. The number of nitrogens with zero attached hydrogens (tertiary/aromatic N) is 3. The number of halogens is 1. The maximum Gasteiger partial charge on any atom is 0.407 e. The second-order valence-electron chi connectivity index (χ2n) is 13.9. The van der Waals surface area contributed by atoms with Crippen molar-refractivity contribution in [2.75, 3.05) is 20.1 Å². The van der Waals surface area contributed by atoms with Gasteiger partial charge in [-0.15, -0.1) is 19.4 Å². The second kappa shape index (κ2) is 21.3. The third-order valence-corrected chi connectivity index (χ3v) is 11.8. The van der Waals surface area contributed by atoms with Crippen molar-refractivity contribution in [1.82, 2.24) is 18.8 Å². The quantitative estimate of drug-likeness (QED) is 0.197. The van der Waals surface area contributed by atoms with Crippen molar-refractivity contribution < 1.29 is 55.0 Å². The predicted octanol–water partition coefficient (Wildman–Crippen LogP) is 2.62. The van der Waals surface area contributed by atoms with Crippen LogP contribution in [0.3, 0.4) is 0 Å². The maximum absolute atomic E-state index is 13.1. The predicted molar refractivity (Wildman–Crippen MR) is 206 cm³/mol. The molecule has 3 fully saturated rings. The van der Waals surface area contributed by atoms with E-state index in [1.165, 1.54) is 22.9 Å². The van der Waals surface area contributed by atoms with Crippen LogP contribution in [0.4, 0.5) is 14.0 Å². The van der Waals surface area contributed by atoms with Gasteiger partial charge < -0.3 is 26.2 Å². The lowest BCUT2D eigenvalue weighted by Crippen LogP contribution is -2.44. The molecule has 1 saturated heterocycles. The highest BCUT2D eigenvalue weighted by Crippen LogP contribution is 2.40. The van der Waals surface area contributed by atoms with Gasteiger partial charge in [0.1, 0.15) is 17.5 Å². The fraction of sp³-hybridized carbons (Fsp3) is 0.528. The van der Waals surface area contributed by atoms with Crippen LogP contribution in [-0.4, -0.2) is 103 Å². The summed E-state index contributed by atoms with van der Waals surface area (Å²) >= 11 is 0. The Morgan fingerprint density at radius 1 is 1.07 bits per heavy atom. The highest BCUT2D eigenvalue weighted by molar-refractivity contribution is 7.92. The number of sulfonamides is 2. The molecule has 56 heavy (non-hydrogen) atoms. The topological polar surface area (TPSA) is 257 Å². The molecule has 2 aliphatic carbocycles. The number of hydrogen-bond donors (Lipinski definition) is 4. The smallest absolute Gasteiger partial charge is 0.407 e. The summed E-state index contributed by atoms with van der Waals surface area (Å²) in [6.07, 6.45) is 11.4. The van der Waals surface area contributed by atoms with Gasteiger partial charge in [0.2, 0.25) is 37.8 Å². The Labute approximate surface area is 328 Å². The molecule has 1 aromatic carbocycles. The third-order valence-electron chi connectivity index (χ3n) is 8.48. The molecule has 0 spiro atoms. The van der Waals surface area contributed by atoms with Crippen LogP contribution in [0.2, 0.25) is 0 Å². The number of nitrogens with one attached hydrogen (secondary N) is 1. The van der Waals surface area contributed by atoms with Crippen molar-refractivity contribution in [1.29, 1.82) is 0 Å². The third kappa shape index (κ3) is 16.0. The minimum absolute atomic E-state index is 0.0212. The van der Waals surface area contributed by atoms with Crippen molar-refractivity contribution in [3.8, 4) is 12.8 Å². The molecule has 4 aliphatic rings. The van der Waals surface area contributed by atoms with Crippen LogP contribution in [0.15, 0.2) is 42.8 Å². The first-order chi connectivity index (χ1) is 25.9. The molecular weight excluding hydrogens is 776 g/mol. The zero-order valence-electron chi connectivity index (χ0n) is 32.1. The Hall–Kier alpha value is -5.00. The van der Waals surface area contributed by atoms with Crippen LogP contribution in [-0.2, 0) is 52.3 Å². The van der Waals surface area contributed by atoms with Crippen LogP contribution < -0.4 is 16.2 Å². The molecule has 312 valence electrons. The number of ether oxygens (including phenoxy) is 1. The number of nitrogens with two attached hydrogens (primary N) is 2. The Morgan fingerprint density at radius 2 is 1.68 bits per heavy atom. The van der Waals surface area contributed by atoms with E-state index in [2.05, 4.69) is 35.5 Å². The molecule has 17 nitrogen and oxygen atoms in total. The monoisotopic (exact) mass is 828 g/mol. The van der Waals surface area contributed by atoms with Crippen molar-refractivity contribution in [3.63, 3.8) is 0 Å². The van der Waals surface area contributed by atoms with E-state index in [0.29, 0.717) is 37.9 Å². The van der Waals surface area contributed by atoms with E-state index in [9.17, 15) is 45.2 Å². The average Bonchev–Trinajstić information content (AvgIpc) is 4.02. The largest absolute Gasteiger partial charge is 0.465 e. The Balaban J connectivity index is 0.000000381. The molecule has 3 atom stereocenters. The summed E-state index contributed by atoms with van der Waals surface area (Å²) in [5.41, 5.74) is 10.8. The van der Waals surface area contributed by atoms with E-state index in [-0.39, 0.29) is 54.2 Å². The number of carbonyl (C=O) groups is 5. The Kier molecular flexibility index (Phi) is 18.7. The Morgan fingerprint density at radius 3 is 2.11 bits per heavy atom. The number of likely N-dealkylation sites (tertiary alicyclic amines) is 1. The van der Waals surface area contributed by atoms with Gasteiger partial charge in [-0.3, -0.25) is 24.0 Å². The minimum Gasteiger partial charge on any atom is -0.465 e. The molecule has 1 aromatic rings. The summed E-state index contributed by atoms with van der Waals surface area (Å²) in [4.78, 5) is 57.7. The molecule has 5 amide bonds. The van der Waals surface area contributed by atoms with Gasteiger partial charge in [-0.2, -0.15) is 0 Å². The van der Waals surface area contributed by atoms with E-state index in [4.69, 9.17) is 16.6 Å². The first kappa shape index (κ1) is 49.0. The molecule has 2 aliphatic heterocycles. The summed E-state index contributed by atoms with van der Waals surface area (Å²) in [6, 6.07) is 4.14. The number of hydrogen-bond acceptors (Lipinski definition) is 10. The van der Waals surface area contributed by atoms with E-state index in [1.807, 2.05) is 0 Å². The minimum atomic E-state index is -3.51. The fourth-order valence-electron chi connectivity index (χ4n) is 5.28. The normalized spacial score (nSPS) is 19.3. The highest BCUT2D eigenvalue weighted by atomic mass is 32.2. The maximum atomic E-state index is 13.1. The molecule has 5 rings (SSSR count). The number of rotatable bonds is 10. The van der Waals surface area contributed by atoms with Gasteiger partial charge in [0.05, 0.1) is 11.8 Å². The van der Waals surface area contributed by atoms with Gasteiger partial charge in [0.25, 0.3) is 0 Å². The summed E-state index contributed by atoms with van der Waals surface area (Å²) in [5, 5.41) is 9.19. The molecule has 2 heterocycles. The van der Waals surface area contributed by atoms with Gasteiger partial charge in [-0.05, 0) is 70.4 Å². The lowest BCUT2D eigenvalue weighted by atomic mass is 10.1. The average molecular weight is 829 g/mol. The van der Waals surface area contributed by atoms with Crippen LogP contribution in [0.5, 0.6) is 0 Å². The highest BCUT2D eigenvalue weighted by Gasteiger charge is 2.44. The fourth-order valence-corrected chi connectivity index (χ4v) is 7.24. The van der Waals surface area contributed by atoms with Gasteiger partial charge in [0, 0.05) is 50.0 Å². The number of allylic oxidation sites excluding steroid dienone is 1. The number of fused-ring (bicyclic) bond motifs is 1.